The summed E-state index contributed by atoms with van der Waals surface area (Å²) in [5.41, 5.74) is 9.87. The second-order valence-electron chi connectivity index (χ2n) is 4.23. The fourth-order valence-corrected chi connectivity index (χ4v) is 2.24. The number of hydrogen-bond donors (Lipinski definition) is 2. The first kappa shape index (κ1) is 10.9. The van der Waals surface area contributed by atoms with Crippen molar-refractivity contribution in [2.24, 2.45) is 5.73 Å². The summed E-state index contributed by atoms with van der Waals surface area (Å²) in [6, 6.07) is 10.1. The zero-order chi connectivity index (χ0) is 12.5. The number of hydrogen-bond acceptors (Lipinski definition) is 3. The van der Waals surface area contributed by atoms with E-state index in [9.17, 15) is 0 Å². The molecule has 0 amide bonds. The number of H-pyrrole nitrogens is 1. The monoisotopic (exact) mass is 238 g/mol. The van der Waals surface area contributed by atoms with Gasteiger partial charge >= 0.3 is 0 Å². The lowest BCUT2D eigenvalue weighted by Gasteiger charge is -2.02. The van der Waals surface area contributed by atoms with Crippen LogP contribution in [0.15, 0.2) is 36.5 Å². The molecule has 0 bridgehead atoms. The van der Waals surface area contributed by atoms with Crippen molar-refractivity contribution in [1.29, 1.82) is 0 Å². The van der Waals surface area contributed by atoms with Crippen molar-refractivity contribution in [1.82, 2.24) is 15.0 Å². The summed E-state index contributed by atoms with van der Waals surface area (Å²) in [7, 11) is 0. The Morgan fingerprint density at radius 2 is 2.06 bits per heavy atom. The molecule has 18 heavy (non-hydrogen) atoms. The van der Waals surface area contributed by atoms with E-state index in [-0.39, 0.29) is 0 Å². The van der Waals surface area contributed by atoms with Crippen LogP contribution in [0.4, 0.5) is 0 Å². The van der Waals surface area contributed by atoms with E-state index in [0.717, 1.165) is 22.5 Å². The van der Waals surface area contributed by atoms with E-state index in [1.54, 1.807) is 6.20 Å². The summed E-state index contributed by atoms with van der Waals surface area (Å²) in [4.78, 5) is 12.0. The van der Waals surface area contributed by atoms with Crippen LogP contribution < -0.4 is 5.73 Å². The van der Waals surface area contributed by atoms with Crippen molar-refractivity contribution in [3.8, 4) is 11.3 Å². The fourth-order valence-electron chi connectivity index (χ4n) is 2.24. The zero-order valence-electron chi connectivity index (χ0n) is 10.1. The van der Waals surface area contributed by atoms with Crippen LogP contribution in [0, 0.1) is 6.92 Å². The normalized spacial score (nSPS) is 11.0. The van der Waals surface area contributed by atoms with Crippen LogP contribution in [0.25, 0.3) is 22.2 Å². The van der Waals surface area contributed by atoms with Crippen molar-refractivity contribution in [3.63, 3.8) is 0 Å². The van der Waals surface area contributed by atoms with Gasteiger partial charge in [0.05, 0.1) is 12.2 Å². The SMILES string of the molecule is Cc1[nH]c2ccccc2c1-c1ccnc(CN)n1. The van der Waals surface area contributed by atoms with Gasteiger partial charge in [-0.25, -0.2) is 9.97 Å². The third-order valence-electron chi connectivity index (χ3n) is 3.04. The lowest BCUT2D eigenvalue weighted by molar-refractivity contribution is 0.912. The molecule has 3 N–H and O–H groups in total. The summed E-state index contributed by atoms with van der Waals surface area (Å²) in [5.74, 6) is 0.664. The van der Waals surface area contributed by atoms with Crippen LogP contribution in [0.3, 0.4) is 0 Å². The number of nitrogens with two attached hydrogens (primary N) is 1. The van der Waals surface area contributed by atoms with E-state index in [2.05, 4.69) is 34.0 Å². The Bertz CT molecular complexity index is 700. The number of aromatic nitrogens is 3. The van der Waals surface area contributed by atoms with Gasteiger partial charge < -0.3 is 10.7 Å². The molecule has 3 rings (SSSR count). The maximum absolute atomic E-state index is 5.59. The molecule has 0 aliphatic heterocycles. The van der Waals surface area contributed by atoms with Crippen LogP contribution in [-0.4, -0.2) is 15.0 Å². The predicted octanol–water partition coefficient (Wildman–Crippen LogP) is 2.39. The Morgan fingerprint density at radius 3 is 2.89 bits per heavy atom. The Balaban J connectivity index is 2.27. The van der Waals surface area contributed by atoms with Gasteiger partial charge in [0.25, 0.3) is 0 Å². The molecule has 0 fully saturated rings. The van der Waals surface area contributed by atoms with E-state index < -0.39 is 0 Å². The van der Waals surface area contributed by atoms with Crippen molar-refractivity contribution < 1.29 is 0 Å². The molecule has 0 aliphatic carbocycles. The van der Waals surface area contributed by atoms with Crippen molar-refractivity contribution >= 4 is 10.9 Å². The lowest BCUT2D eigenvalue weighted by atomic mass is 10.1. The molecule has 4 nitrogen and oxygen atoms in total. The highest BCUT2D eigenvalue weighted by molar-refractivity contribution is 5.96. The second kappa shape index (κ2) is 4.23. The van der Waals surface area contributed by atoms with Crippen LogP contribution in [-0.2, 0) is 6.54 Å². The minimum absolute atomic E-state index is 0.356. The number of nitrogens with zero attached hydrogens (tertiary/aromatic N) is 2. The second-order valence-corrected chi connectivity index (χ2v) is 4.23. The van der Waals surface area contributed by atoms with E-state index in [4.69, 9.17) is 5.73 Å². The minimum atomic E-state index is 0.356. The minimum Gasteiger partial charge on any atom is -0.358 e. The average molecular weight is 238 g/mol. The van der Waals surface area contributed by atoms with E-state index >= 15 is 0 Å². The lowest BCUT2D eigenvalue weighted by Crippen LogP contribution is -2.03. The van der Waals surface area contributed by atoms with Gasteiger partial charge in [-0.3, -0.25) is 0 Å². The molecule has 2 heterocycles. The van der Waals surface area contributed by atoms with Crippen LogP contribution in [0.5, 0.6) is 0 Å². The molecule has 0 atom stereocenters. The highest BCUT2D eigenvalue weighted by atomic mass is 14.9. The number of nitrogens with one attached hydrogen (secondary N) is 1. The number of para-hydroxylation sites is 1. The molecule has 1 aromatic carbocycles. The first-order chi connectivity index (χ1) is 8.79. The smallest absolute Gasteiger partial charge is 0.142 e. The number of benzene rings is 1. The third-order valence-corrected chi connectivity index (χ3v) is 3.04. The molecule has 0 aliphatic rings. The predicted molar refractivity (Wildman–Crippen MR) is 72.0 cm³/mol. The zero-order valence-corrected chi connectivity index (χ0v) is 10.1. The largest absolute Gasteiger partial charge is 0.358 e. The molecule has 0 radical (unpaired) electrons. The van der Waals surface area contributed by atoms with Crippen molar-refractivity contribution in [3.05, 3.63) is 48.0 Å². The molecule has 0 saturated carbocycles. The Morgan fingerprint density at radius 1 is 1.22 bits per heavy atom. The summed E-state index contributed by atoms with van der Waals surface area (Å²) in [5, 5.41) is 1.18. The van der Waals surface area contributed by atoms with Crippen LogP contribution in [0.1, 0.15) is 11.5 Å². The summed E-state index contributed by atoms with van der Waals surface area (Å²) < 4.78 is 0. The third kappa shape index (κ3) is 1.67. The summed E-state index contributed by atoms with van der Waals surface area (Å²) >= 11 is 0. The molecule has 0 saturated heterocycles. The molecule has 3 aromatic rings. The molecule has 4 heteroatoms. The van der Waals surface area contributed by atoms with Gasteiger partial charge in [-0.15, -0.1) is 0 Å². The number of rotatable bonds is 2. The quantitative estimate of drug-likeness (QED) is 0.720. The first-order valence-corrected chi connectivity index (χ1v) is 5.89. The average Bonchev–Trinajstić information content (AvgIpc) is 2.74. The van der Waals surface area contributed by atoms with E-state index in [1.165, 1.54) is 5.39 Å². The highest BCUT2D eigenvalue weighted by Crippen LogP contribution is 2.30. The standard InChI is InChI=1S/C14H14N4/c1-9-14(10-4-2-3-5-11(10)17-9)12-6-7-16-13(8-15)18-12/h2-7,17H,8,15H2,1H3. The number of aryl methyl sites for hydroxylation is 1. The molecule has 90 valence electrons. The molecule has 0 spiro atoms. The topological polar surface area (TPSA) is 67.6 Å². The molecule has 2 aromatic heterocycles. The molecular weight excluding hydrogens is 224 g/mol. The number of fused-ring (bicyclic) bond motifs is 1. The van der Waals surface area contributed by atoms with E-state index in [0.29, 0.717) is 12.4 Å². The first-order valence-electron chi connectivity index (χ1n) is 5.89. The highest BCUT2D eigenvalue weighted by Gasteiger charge is 2.11. The molecular formula is C14H14N4. The van der Waals surface area contributed by atoms with Gasteiger partial charge in [0.2, 0.25) is 0 Å². The van der Waals surface area contributed by atoms with Gasteiger partial charge in [-0.05, 0) is 19.1 Å². The van der Waals surface area contributed by atoms with Crippen LogP contribution in [0.2, 0.25) is 0 Å². The van der Waals surface area contributed by atoms with Crippen molar-refractivity contribution in [2.75, 3.05) is 0 Å². The molecule has 0 unspecified atom stereocenters. The maximum Gasteiger partial charge on any atom is 0.142 e. The Kier molecular flexibility index (Phi) is 2.57. The van der Waals surface area contributed by atoms with Gasteiger partial charge in [0.15, 0.2) is 0 Å². The van der Waals surface area contributed by atoms with E-state index in [1.807, 2.05) is 18.2 Å². The van der Waals surface area contributed by atoms with Crippen molar-refractivity contribution in [2.45, 2.75) is 13.5 Å². The number of aromatic amines is 1. The van der Waals surface area contributed by atoms with Gasteiger partial charge in [-0.1, -0.05) is 18.2 Å². The van der Waals surface area contributed by atoms with Gasteiger partial charge in [0.1, 0.15) is 5.82 Å². The fraction of sp³-hybridized carbons (Fsp3) is 0.143. The Hall–Kier alpha value is -2.20. The summed E-state index contributed by atoms with van der Waals surface area (Å²) in [6.07, 6.45) is 1.76. The van der Waals surface area contributed by atoms with Gasteiger partial charge in [-0.2, -0.15) is 0 Å². The maximum atomic E-state index is 5.59. The Labute approximate surface area is 105 Å². The summed E-state index contributed by atoms with van der Waals surface area (Å²) in [6.45, 7) is 2.41. The van der Waals surface area contributed by atoms with Crippen LogP contribution >= 0.6 is 0 Å². The van der Waals surface area contributed by atoms with Gasteiger partial charge in [0, 0.05) is 28.4 Å².